The topological polar surface area (TPSA) is 65.7 Å². The molecule has 1 heterocycles. The summed E-state index contributed by atoms with van der Waals surface area (Å²) in [6, 6.07) is 14.3. The fourth-order valence-electron chi connectivity index (χ4n) is 3.44. The third-order valence-electron chi connectivity index (χ3n) is 5.14. The van der Waals surface area contributed by atoms with E-state index in [1.54, 1.807) is 37.6 Å². The van der Waals surface area contributed by atoms with Crippen LogP contribution in [0.3, 0.4) is 0 Å². The van der Waals surface area contributed by atoms with Crippen LogP contribution in [0.4, 0.5) is 0 Å². The minimum absolute atomic E-state index is 0.224. The zero-order chi connectivity index (χ0) is 25.1. The van der Waals surface area contributed by atoms with Crippen LogP contribution >= 0.6 is 55.1 Å². The van der Waals surface area contributed by atoms with Gasteiger partial charge in [0.2, 0.25) is 0 Å². The van der Waals surface area contributed by atoms with Crippen molar-refractivity contribution in [2.75, 3.05) is 7.11 Å². The Hall–Kier alpha value is -2.39. The Balaban J connectivity index is 1.76. The zero-order valence-electron chi connectivity index (χ0n) is 18.7. The van der Waals surface area contributed by atoms with Gasteiger partial charge in [-0.1, -0.05) is 68.1 Å². The highest BCUT2D eigenvalue weighted by Gasteiger charge is 2.14. The maximum atomic E-state index is 13.2. The minimum atomic E-state index is -0.260. The van der Waals surface area contributed by atoms with Crippen molar-refractivity contribution in [2.24, 2.45) is 5.10 Å². The molecule has 0 bridgehead atoms. The van der Waals surface area contributed by atoms with Crippen LogP contribution in [0.2, 0.25) is 10.0 Å². The molecule has 1 aromatic heterocycles. The van der Waals surface area contributed by atoms with Crippen LogP contribution in [0.15, 0.2) is 67.4 Å². The Labute approximate surface area is 228 Å². The molecule has 0 amide bonds. The lowest BCUT2D eigenvalue weighted by Gasteiger charge is -2.15. The van der Waals surface area contributed by atoms with Gasteiger partial charge in [0.25, 0.3) is 5.56 Å². The fraction of sp³-hybridized carbons (Fsp3) is 0.160. The second-order valence-corrected chi connectivity index (χ2v) is 10.1. The molecule has 0 aliphatic heterocycles. The van der Waals surface area contributed by atoms with E-state index in [2.05, 4.69) is 41.9 Å². The number of aryl methyl sites for hydroxylation is 1. The Bertz CT molecular complexity index is 1510. The first-order valence-corrected chi connectivity index (χ1v) is 12.8. The predicted octanol–water partition coefficient (Wildman–Crippen LogP) is 7.26. The zero-order valence-corrected chi connectivity index (χ0v) is 23.4. The molecule has 0 fully saturated rings. The largest absolute Gasteiger partial charge is 0.493 e. The molecule has 0 atom stereocenters. The first-order valence-electron chi connectivity index (χ1n) is 10.5. The van der Waals surface area contributed by atoms with Gasteiger partial charge in [0, 0.05) is 20.9 Å². The minimum Gasteiger partial charge on any atom is -0.493 e. The van der Waals surface area contributed by atoms with E-state index in [4.69, 9.17) is 32.7 Å². The SMILES string of the molecule is CCc1nc2ccc(Br)cc2c(=O)n1N=Cc1cc(Br)cc(OC)c1OCc1ccc(Cl)c(Cl)c1. The molecule has 0 N–H and O–H groups in total. The van der Waals surface area contributed by atoms with Crippen LogP contribution < -0.4 is 15.0 Å². The van der Waals surface area contributed by atoms with Crippen molar-refractivity contribution >= 4 is 72.2 Å². The van der Waals surface area contributed by atoms with E-state index in [0.717, 1.165) is 14.5 Å². The van der Waals surface area contributed by atoms with Crippen LogP contribution in [0, 0.1) is 0 Å². The monoisotopic (exact) mass is 637 g/mol. The van der Waals surface area contributed by atoms with E-state index >= 15 is 0 Å². The van der Waals surface area contributed by atoms with Crippen LogP contribution in [0.25, 0.3) is 10.9 Å². The summed E-state index contributed by atoms with van der Waals surface area (Å²) in [7, 11) is 1.56. The van der Waals surface area contributed by atoms with Gasteiger partial charge in [-0.3, -0.25) is 4.79 Å². The van der Waals surface area contributed by atoms with E-state index < -0.39 is 0 Å². The van der Waals surface area contributed by atoms with Gasteiger partial charge in [-0.15, -0.1) is 0 Å². The van der Waals surface area contributed by atoms with E-state index in [-0.39, 0.29) is 12.2 Å². The van der Waals surface area contributed by atoms with E-state index in [1.165, 1.54) is 4.68 Å². The van der Waals surface area contributed by atoms with Gasteiger partial charge >= 0.3 is 0 Å². The summed E-state index contributed by atoms with van der Waals surface area (Å²) in [6.45, 7) is 2.15. The van der Waals surface area contributed by atoms with Crippen LogP contribution in [-0.4, -0.2) is 23.0 Å². The Morgan fingerprint density at radius 3 is 2.57 bits per heavy atom. The first-order chi connectivity index (χ1) is 16.8. The molecule has 0 saturated heterocycles. The normalized spacial score (nSPS) is 11.4. The number of hydrogen-bond donors (Lipinski definition) is 0. The van der Waals surface area contributed by atoms with E-state index in [9.17, 15) is 4.79 Å². The molecule has 10 heteroatoms. The first kappa shape index (κ1) is 25.7. The summed E-state index contributed by atoms with van der Waals surface area (Å²) in [4.78, 5) is 17.8. The molecule has 4 aromatic rings. The van der Waals surface area contributed by atoms with Gasteiger partial charge in [0.15, 0.2) is 11.5 Å². The lowest BCUT2D eigenvalue weighted by molar-refractivity contribution is 0.284. The molecular weight excluding hydrogens is 621 g/mol. The van der Waals surface area contributed by atoms with Gasteiger partial charge < -0.3 is 9.47 Å². The molecular formula is C25H19Br2Cl2N3O3. The summed E-state index contributed by atoms with van der Waals surface area (Å²) in [5.74, 6) is 1.51. The maximum Gasteiger partial charge on any atom is 0.282 e. The number of methoxy groups -OCH3 is 1. The van der Waals surface area contributed by atoms with Gasteiger partial charge in [-0.2, -0.15) is 9.78 Å². The van der Waals surface area contributed by atoms with Crippen molar-refractivity contribution < 1.29 is 9.47 Å². The Kier molecular flexibility index (Phi) is 8.16. The van der Waals surface area contributed by atoms with Crippen molar-refractivity contribution in [2.45, 2.75) is 20.0 Å². The number of ether oxygens (including phenoxy) is 2. The van der Waals surface area contributed by atoms with Crippen LogP contribution in [0.1, 0.15) is 23.9 Å². The molecule has 0 radical (unpaired) electrons. The number of hydrogen-bond acceptors (Lipinski definition) is 5. The van der Waals surface area contributed by atoms with Crippen molar-refractivity contribution in [3.63, 3.8) is 0 Å². The molecule has 0 unspecified atom stereocenters. The lowest BCUT2D eigenvalue weighted by atomic mass is 10.2. The van der Waals surface area contributed by atoms with E-state index in [0.29, 0.717) is 50.3 Å². The standard InChI is InChI=1S/C25H19Br2Cl2N3O3/c1-3-23-31-21-7-5-16(26)10-18(21)25(33)32(23)30-12-15-9-17(27)11-22(34-2)24(15)35-13-14-4-6-19(28)20(29)8-14/h4-12H,3,13H2,1-2H3. The smallest absolute Gasteiger partial charge is 0.282 e. The highest BCUT2D eigenvalue weighted by atomic mass is 79.9. The number of nitrogens with zero attached hydrogens (tertiary/aromatic N) is 3. The Morgan fingerprint density at radius 1 is 1.06 bits per heavy atom. The van der Waals surface area contributed by atoms with Crippen LogP contribution in [0.5, 0.6) is 11.5 Å². The number of rotatable bonds is 7. The molecule has 3 aromatic carbocycles. The number of aromatic nitrogens is 2. The molecule has 0 aliphatic rings. The highest BCUT2D eigenvalue weighted by Crippen LogP contribution is 2.35. The number of benzene rings is 3. The van der Waals surface area contributed by atoms with Crippen molar-refractivity contribution in [3.8, 4) is 11.5 Å². The predicted molar refractivity (Wildman–Crippen MR) is 148 cm³/mol. The summed E-state index contributed by atoms with van der Waals surface area (Å²) in [5, 5.41) is 5.87. The molecule has 0 spiro atoms. The molecule has 6 nitrogen and oxygen atoms in total. The maximum absolute atomic E-state index is 13.2. The van der Waals surface area contributed by atoms with Gasteiger partial charge in [0.1, 0.15) is 12.4 Å². The second-order valence-electron chi connectivity index (χ2n) is 7.47. The third kappa shape index (κ3) is 5.72. The third-order valence-corrected chi connectivity index (χ3v) is 6.83. The summed E-state index contributed by atoms with van der Waals surface area (Å²) in [6.07, 6.45) is 2.09. The average Bonchev–Trinajstić information content (AvgIpc) is 2.84. The molecule has 4 rings (SSSR count). The summed E-state index contributed by atoms with van der Waals surface area (Å²) < 4.78 is 14.5. The lowest BCUT2D eigenvalue weighted by Crippen LogP contribution is -2.22. The molecule has 0 saturated carbocycles. The molecule has 35 heavy (non-hydrogen) atoms. The van der Waals surface area contributed by atoms with Crippen molar-refractivity contribution in [1.82, 2.24) is 9.66 Å². The van der Waals surface area contributed by atoms with Gasteiger partial charge in [0.05, 0.1) is 34.3 Å². The van der Waals surface area contributed by atoms with Crippen molar-refractivity contribution in [1.29, 1.82) is 0 Å². The fourth-order valence-corrected chi connectivity index (χ4v) is 4.57. The molecule has 180 valence electrons. The average molecular weight is 640 g/mol. The summed E-state index contributed by atoms with van der Waals surface area (Å²) in [5.41, 5.74) is 1.81. The van der Waals surface area contributed by atoms with Gasteiger partial charge in [-0.05, 0) is 48.0 Å². The Morgan fingerprint density at radius 2 is 1.86 bits per heavy atom. The van der Waals surface area contributed by atoms with Gasteiger partial charge in [-0.25, -0.2) is 4.98 Å². The quantitative estimate of drug-likeness (QED) is 0.200. The summed E-state index contributed by atoms with van der Waals surface area (Å²) >= 11 is 19.1. The molecule has 0 aliphatic carbocycles. The highest BCUT2D eigenvalue weighted by molar-refractivity contribution is 9.10. The van der Waals surface area contributed by atoms with E-state index in [1.807, 2.05) is 31.2 Å². The number of halogens is 4. The number of fused-ring (bicyclic) bond motifs is 1. The van der Waals surface area contributed by atoms with Crippen molar-refractivity contribution in [3.05, 3.63) is 94.8 Å². The van der Waals surface area contributed by atoms with Crippen LogP contribution in [-0.2, 0) is 13.0 Å². The second kappa shape index (κ2) is 11.1.